The number of rotatable bonds is 6. The van der Waals surface area contributed by atoms with Gasteiger partial charge in [-0.2, -0.15) is 0 Å². The fourth-order valence-corrected chi connectivity index (χ4v) is 2.02. The number of carbonyl (C=O) groups is 2. The third-order valence-electron chi connectivity index (χ3n) is 3.06. The Bertz CT molecular complexity index is 299. The number of carboxylic acid groups (broad SMARTS) is 1. The van der Waals surface area contributed by atoms with Crippen LogP contribution in [0.4, 0.5) is 0 Å². The molecule has 1 aliphatic carbocycles. The minimum atomic E-state index is -0.777. The first-order valence-corrected chi connectivity index (χ1v) is 6.26. The predicted molar refractivity (Wildman–Crippen MR) is 65.6 cm³/mol. The molecule has 0 aromatic heterocycles. The molecule has 4 heteroatoms. The van der Waals surface area contributed by atoms with Crippen LogP contribution in [-0.4, -0.2) is 23.0 Å². The van der Waals surface area contributed by atoms with Crippen molar-refractivity contribution in [3.8, 4) is 0 Å². The van der Waals surface area contributed by atoms with E-state index in [2.05, 4.69) is 17.5 Å². The van der Waals surface area contributed by atoms with E-state index >= 15 is 0 Å². The van der Waals surface area contributed by atoms with E-state index in [0.29, 0.717) is 6.42 Å². The summed E-state index contributed by atoms with van der Waals surface area (Å²) < 4.78 is 0. The van der Waals surface area contributed by atoms with E-state index in [1.165, 1.54) is 0 Å². The number of allylic oxidation sites excluding steroid dienone is 2. The smallest absolute Gasteiger partial charge is 0.303 e. The maximum atomic E-state index is 11.8. The predicted octanol–water partition coefficient (Wildman–Crippen LogP) is 2.10. The molecule has 2 atom stereocenters. The normalized spacial score (nSPS) is 20.9. The fraction of sp³-hybridized carbons (Fsp3) is 0.692. The van der Waals surface area contributed by atoms with E-state index in [9.17, 15) is 9.59 Å². The molecule has 96 valence electrons. The van der Waals surface area contributed by atoms with Crippen molar-refractivity contribution < 1.29 is 14.7 Å². The average molecular weight is 239 g/mol. The summed E-state index contributed by atoms with van der Waals surface area (Å²) in [5, 5.41) is 11.5. The van der Waals surface area contributed by atoms with Crippen molar-refractivity contribution in [2.75, 3.05) is 0 Å². The molecule has 1 rings (SSSR count). The number of amides is 1. The van der Waals surface area contributed by atoms with Crippen molar-refractivity contribution in [1.82, 2.24) is 5.32 Å². The molecule has 4 nitrogen and oxygen atoms in total. The van der Waals surface area contributed by atoms with Crippen LogP contribution in [0, 0.1) is 5.92 Å². The van der Waals surface area contributed by atoms with Crippen molar-refractivity contribution in [3.05, 3.63) is 12.2 Å². The van der Waals surface area contributed by atoms with E-state index in [1.54, 1.807) is 0 Å². The summed E-state index contributed by atoms with van der Waals surface area (Å²) >= 11 is 0. The molecule has 0 aromatic rings. The van der Waals surface area contributed by atoms with Gasteiger partial charge in [0.1, 0.15) is 0 Å². The van der Waals surface area contributed by atoms with Crippen LogP contribution in [0.2, 0.25) is 0 Å². The Kier molecular flexibility index (Phi) is 5.73. The van der Waals surface area contributed by atoms with Gasteiger partial charge in [0, 0.05) is 18.4 Å². The van der Waals surface area contributed by atoms with Crippen molar-refractivity contribution in [1.29, 1.82) is 0 Å². The zero-order chi connectivity index (χ0) is 12.7. The molecule has 0 aliphatic heterocycles. The van der Waals surface area contributed by atoms with Gasteiger partial charge in [0.15, 0.2) is 0 Å². The topological polar surface area (TPSA) is 66.4 Å². The van der Waals surface area contributed by atoms with E-state index in [-0.39, 0.29) is 24.3 Å². The molecule has 0 radical (unpaired) electrons. The monoisotopic (exact) mass is 239 g/mol. The molecule has 0 heterocycles. The molecule has 0 spiro atoms. The zero-order valence-corrected chi connectivity index (χ0v) is 10.3. The molecular formula is C13H21NO3. The van der Waals surface area contributed by atoms with E-state index in [1.807, 2.05) is 6.92 Å². The molecule has 2 unspecified atom stereocenters. The molecule has 0 bridgehead atoms. The van der Waals surface area contributed by atoms with Crippen LogP contribution in [0.3, 0.4) is 0 Å². The Hall–Kier alpha value is -1.32. The van der Waals surface area contributed by atoms with E-state index in [0.717, 1.165) is 25.7 Å². The van der Waals surface area contributed by atoms with Crippen LogP contribution in [0.15, 0.2) is 12.2 Å². The number of carbonyl (C=O) groups excluding carboxylic acids is 1. The van der Waals surface area contributed by atoms with Gasteiger partial charge in [0.25, 0.3) is 0 Å². The lowest BCUT2D eigenvalue weighted by molar-refractivity contribution is -0.137. The summed E-state index contributed by atoms with van der Waals surface area (Å²) in [5.41, 5.74) is 0. The van der Waals surface area contributed by atoms with E-state index < -0.39 is 5.97 Å². The highest BCUT2D eigenvalue weighted by Gasteiger charge is 2.19. The molecule has 0 saturated carbocycles. The van der Waals surface area contributed by atoms with Gasteiger partial charge in [-0.3, -0.25) is 9.59 Å². The van der Waals surface area contributed by atoms with Crippen LogP contribution in [0.1, 0.15) is 45.4 Å². The number of carboxylic acids is 1. The first-order valence-electron chi connectivity index (χ1n) is 6.26. The molecule has 0 saturated heterocycles. The van der Waals surface area contributed by atoms with Crippen molar-refractivity contribution in [2.24, 2.45) is 5.92 Å². The standard InChI is InChI=1S/C13H21NO3/c1-10(6-5-9-12(15)16)14-13(17)11-7-3-2-4-8-11/h2-3,10-11H,4-9H2,1H3,(H,14,17)(H,15,16). The molecule has 1 aliphatic rings. The lowest BCUT2D eigenvalue weighted by Gasteiger charge is -2.20. The van der Waals surface area contributed by atoms with Crippen molar-refractivity contribution in [3.63, 3.8) is 0 Å². The second-order valence-electron chi connectivity index (χ2n) is 4.68. The van der Waals surface area contributed by atoms with E-state index in [4.69, 9.17) is 5.11 Å². The van der Waals surface area contributed by atoms with Gasteiger partial charge in [-0.05, 0) is 39.0 Å². The Balaban J connectivity index is 2.20. The van der Waals surface area contributed by atoms with Crippen molar-refractivity contribution >= 4 is 11.9 Å². The van der Waals surface area contributed by atoms with Crippen LogP contribution < -0.4 is 5.32 Å². The Labute approximate surface area is 102 Å². The third kappa shape index (κ3) is 5.52. The average Bonchev–Trinajstić information content (AvgIpc) is 2.29. The molecule has 17 heavy (non-hydrogen) atoms. The summed E-state index contributed by atoms with van der Waals surface area (Å²) in [6.07, 6.45) is 8.40. The quantitative estimate of drug-likeness (QED) is 0.697. The maximum absolute atomic E-state index is 11.8. The fourth-order valence-electron chi connectivity index (χ4n) is 2.02. The van der Waals surface area contributed by atoms with Gasteiger partial charge < -0.3 is 10.4 Å². The van der Waals surface area contributed by atoms with Gasteiger partial charge in [0.2, 0.25) is 5.91 Å². The summed E-state index contributed by atoms with van der Waals surface area (Å²) in [6, 6.07) is 0.0627. The summed E-state index contributed by atoms with van der Waals surface area (Å²) in [5.74, 6) is -0.569. The van der Waals surface area contributed by atoms with Crippen LogP contribution in [-0.2, 0) is 9.59 Å². The highest BCUT2D eigenvalue weighted by atomic mass is 16.4. The first kappa shape index (κ1) is 13.7. The number of hydrogen-bond donors (Lipinski definition) is 2. The number of hydrogen-bond acceptors (Lipinski definition) is 2. The third-order valence-corrected chi connectivity index (χ3v) is 3.06. The summed E-state index contributed by atoms with van der Waals surface area (Å²) in [6.45, 7) is 1.93. The lowest BCUT2D eigenvalue weighted by atomic mass is 9.93. The van der Waals surface area contributed by atoms with Crippen LogP contribution in [0.5, 0.6) is 0 Å². The van der Waals surface area contributed by atoms with Crippen LogP contribution >= 0.6 is 0 Å². The molecular weight excluding hydrogens is 218 g/mol. The van der Waals surface area contributed by atoms with Gasteiger partial charge in [0.05, 0.1) is 0 Å². The van der Waals surface area contributed by atoms with Gasteiger partial charge in [-0.1, -0.05) is 12.2 Å². The van der Waals surface area contributed by atoms with Crippen molar-refractivity contribution in [2.45, 2.75) is 51.5 Å². The van der Waals surface area contributed by atoms with Crippen LogP contribution in [0.25, 0.3) is 0 Å². The number of aliphatic carboxylic acids is 1. The SMILES string of the molecule is CC(CCCC(=O)O)NC(=O)C1CC=CCC1. The Morgan fingerprint density at radius 3 is 2.82 bits per heavy atom. The summed E-state index contributed by atoms with van der Waals surface area (Å²) in [4.78, 5) is 22.2. The lowest BCUT2D eigenvalue weighted by Crippen LogP contribution is -2.37. The largest absolute Gasteiger partial charge is 0.481 e. The van der Waals surface area contributed by atoms with Gasteiger partial charge in [-0.15, -0.1) is 0 Å². The second kappa shape index (κ2) is 7.09. The minimum Gasteiger partial charge on any atom is -0.481 e. The van der Waals surface area contributed by atoms with Gasteiger partial charge >= 0.3 is 5.97 Å². The number of nitrogens with one attached hydrogen (secondary N) is 1. The highest BCUT2D eigenvalue weighted by molar-refractivity contribution is 5.79. The molecule has 0 aromatic carbocycles. The minimum absolute atomic E-state index is 0.0627. The first-order chi connectivity index (χ1) is 8.09. The van der Waals surface area contributed by atoms with Gasteiger partial charge in [-0.25, -0.2) is 0 Å². The maximum Gasteiger partial charge on any atom is 0.303 e. The highest BCUT2D eigenvalue weighted by Crippen LogP contribution is 2.18. The molecule has 0 fully saturated rings. The molecule has 2 N–H and O–H groups in total. The zero-order valence-electron chi connectivity index (χ0n) is 10.3. The Morgan fingerprint density at radius 1 is 1.47 bits per heavy atom. The summed E-state index contributed by atoms with van der Waals surface area (Å²) in [7, 11) is 0. The second-order valence-corrected chi connectivity index (χ2v) is 4.68. The molecule has 1 amide bonds. The Morgan fingerprint density at radius 2 is 2.24 bits per heavy atom.